The highest BCUT2D eigenvalue weighted by Crippen LogP contribution is 2.34. The van der Waals surface area contributed by atoms with Crippen molar-refractivity contribution in [3.63, 3.8) is 0 Å². The molecule has 0 spiro atoms. The number of hydrogen-bond acceptors (Lipinski definition) is 3. The average Bonchev–Trinajstić information content (AvgIpc) is 2.52. The van der Waals surface area contributed by atoms with E-state index in [0.29, 0.717) is 6.04 Å². The van der Waals surface area contributed by atoms with E-state index >= 15 is 0 Å². The molecule has 92 valence electrons. The number of nitrogens with zero attached hydrogens (tertiary/aromatic N) is 1. The Morgan fingerprint density at radius 3 is 2.38 bits per heavy atom. The number of hydrogen-bond donors (Lipinski definition) is 2. The molecule has 1 amide bonds. The fourth-order valence-corrected chi connectivity index (χ4v) is 3.19. The van der Waals surface area contributed by atoms with Gasteiger partial charge in [-0.3, -0.25) is 4.79 Å². The van der Waals surface area contributed by atoms with Gasteiger partial charge in [-0.15, -0.1) is 0 Å². The van der Waals surface area contributed by atoms with E-state index in [1.165, 1.54) is 25.7 Å². The zero-order chi connectivity index (χ0) is 11.7. The van der Waals surface area contributed by atoms with Gasteiger partial charge in [-0.2, -0.15) is 0 Å². The van der Waals surface area contributed by atoms with Crippen molar-refractivity contribution >= 4 is 5.91 Å². The molecule has 2 aliphatic heterocycles. The van der Waals surface area contributed by atoms with Crippen LogP contribution in [0.2, 0.25) is 0 Å². The van der Waals surface area contributed by atoms with Crippen molar-refractivity contribution < 1.29 is 4.79 Å². The average molecular weight is 225 g/mol. The summed E-state index contributed by atoms with van der Waals surface area (Å²) in [5.74, 6) is 0.0891. The minimum absolute atomic E-state index is 0.0715. The van der Waals surface area contributed by atoms with E-state index in [0.717, 1.165) is 12.1 Å². The second-order valence-electron chi connectivity index (χ2n) is 5.22. The molecule has 0 aromatic heterocycles. The van der Waals surface area contributed by atoms with Crippen LogP contribution in [0.15, 0.2) is 0 Å². The Kier molecular flexibility index (Phi) is 3.50. The molecular weight excluding hydrogens is 202 g/mol. The molecule has 16 heavy (non-hydrogen) atoms. The van der Waals surface area contributed by atoms with E-state index in [-0.39, 0.29) is 11.9 Å². The second-order valence-corrected chi connectivity index (χ2v) is 5.22. The lowest BCUT2D eigenvalue weighted by Crippen LogP contribution is -2.52. The Balaban J connectivity index is 1.86. The number of amides is 1. The van der Waals surface area contributed by atoms with Crippen LogP contribution in [0, 0.1) is 0 Å². The van der Waals surface area contributed by atoms with Gasteiger partial charge in [-0.1, -0.05) is 0 Å². The first-order valence-electron chi connectivity index (χ1n) is 6.31. The third-order valence-corrected chi connectivity index (χ3v) is 4.22. The molecule has 0 aliphatic carbocycles. The number of carbonyl (C=O) groups excluding carboxylic acids is 1. The molecule has 0 radical (unpaired) electrons. The molecular formula is C12H23N3O. The maximum absolute atomic E-state index is 11.4. The van der Waals surface area contributed by atoms with Crippen molar-refractivity contribution in [2.75, 3.05) is 14.1 Å². The molecule has 3 unspecified atom stereocenters. The summed E-state index contributed by atoms with van der Waals surface area (Å²) in [4.78, 5) is 14.0. The van der Waals surface area contributed by atoms with Crippen molar-refractivity contribution in [2.24, 2.45) is 0 Å². The minimum Gasteiger partial charge on any atom is -0.358 e. The van der Waals surface area contributed by atoms with Crippen LogP contribution in [-0.4, -0.2) is 49.1 Å². The topological polar surface area (TPSA) is 44.4 Å². The van der Waals surface area contributed by atoms with E-state index in [4.69, 9.17) is 0 Å². The van der Waals surface area contributed by atoms with Crippen LogP contribution in [0.1, 0.15) is 32.6 Å². The van der Waals surface area contributed by atoms with Gasteiger partial charge < -0.3 is 15.5 Å². The number of fused-ring (bicyclic) bond motifs is 2. The van der Waals surface area contributed by atoms with E-state index in [9.17, 15) is 4.79 Å². The monoisotopic (exact) mass is 225 g/mol. The van der Waals surface area contributed by atoms with E-state index in [2.05, 4.69) is 22.6 Å². The van der Waals surface area contributed by atoms with Gasteiger partial charge in [0.25, 0.3) is 0 Å². The molecule has 2 rings (SSSR count). The van der Waals surface area contributed by atoms with Crippen LogP contribution in [0.25, 0.3) is 0 Å². The van der Waals surface area contributed by atoms with Crippen LogP contribution in [0.3, 0.4) is 0 Å². The molecule has 2 N–H and O–H groups in total. The zero-order valence-corrected chi connectivity index (χ0v) is 10.5. The van der Waals surface area contributed by atoms with Crippen molar-refractivity contribution in [3.8, 4) is 0 Å². The van der Waals surface area contributed by atoms with Crippen molar-refractivity contribution in [3.05, 3.63) is 0 Å². The summed E-state index contributed by atoms with van der Waals surface area (Å²) in [6, 6.07) is 1.90. The summed E-state index contributed by atoms with van der Waals surface area (Å²) in [7, 11) is 3.93. The molecule has 0 aromatic rings. The highest BCUT2D eigenvalue weighted by atomic mass is 16.2. The lowest BCUT2D eigenvalue weighted by molar-refractivity contribution is -0.122. The standard InChI is InChI=1S/C12H23N3O/c1-8(12(16)13-2)14-9-6-10-4-5-11(7-9)15(10)3/h8-11,14H,4-7H2,1-3H3,(H,13,16). The first kappa shape index (κ1) is 11.9. The van der Waals surface area contributed by atoms with Crippen molar-refractivity contribution in [2.45, 2.75) is 56.8 Å². The molecule has 4 nitrogen and oxygen atoms in total. The second kappa shape index (κ2) is 4.72. The summed E-state index contributed by atoms with van der Waals surface area (Å²) in [6.45, 7) is 1.94. The van der Waals surface area contributed by atoms with E-state index in [1.54, 1.807) is 7.05 Å². The summed E-state index contributed by atoms with van der Waals surface area (Å²) in [5.41, 5.74) is 0. The van der Waals surface area contributed by atoms with Gasteiger partial charge >= 0.3 is 0 Å². The summed E-state index contributed by atoms with van der Waals surface area (Å²) >= 11 is 0. The Bertz CT molecular complexity index is 255. The lowest BCUT2D eigenvalue weighted by atomic mass is 9.97. The molecule has 3 atom stereocenters. The first-order valence-corrected chi connectivity index (χ1v) is 6.31. The van der Waals surface area contributed by atoms with E-state index in [1.807, 2.05) is 6.92 Å². The number of carbonyl (C=O) groups is 1. The summed E-state index contributed by atoms with van der Waals surface area (Å²) in [6.07, 6.45) is 5.03. The minimum atomic E-state index is -0.0715. The fraction of sp³-hybridized carbons (Fsp3) is 0.917. The molecule has 2 fully saturated rings. The van der Waals surface area contributed by atoms with Gasteiger partial charge in [0.1, 0.15) is 0 Å². The number of likely N-dealkylation sites (N-methyl/N-ethyl adjacent to an activating group) is 1. The zero-order valence-electron chi connectivity index (χ0n) is 10.5. The predicted molar refractivity (Wildman–Crippen MR) is 64.3 cm³/mol. The van der Waals surface area contributed by atoms with Crippen molar-refractivity contribution in [1.29, 1.82) is 0 Å². The summed E-state index contributed by atoms with van der Waals surface area (Å²) < 4.78 is 0. The van der Waals surface area contributed by atoms with Crippen LogP contribution in [0.4, 0.5) is 0 Å². The van der Waals surface area contributed by atoms with Crippen LogP contribution in [0.5, 0.6) is 0 Å². The van der Waals surface area contributed by atoms with E-state index < -0.39 is 0 Å². The van der Waals surface area contributed by atoms with Gasteiger partial charge in [0.15, 0.2) is 0 Å². The van der Waals surface area contributed by atoms with Crippen LogP contribution in [-0.2, 0) is 4.79 Å². The van der Waals surface area contributed by atoms with Crippen molar-refractivity contribution in [1.82, 2.24) is 15.5 Å². The molecule has 2 heterocycles. The summed E-state index contributed by atoms with van der Waals surface area (Å²) in [5, 5.41) is 6.14. The Morgan fingerprint density at radius 1 is 1.31 bits per heavy atom. The molecule has 2 aliphatic rings. The van der Waals surface area contributed by atoms with Gasteiger partial charge in [0, 0.05) is 25.2 Å². The largest absolute Gasteiger partial charge is 0.358 e. The maximum Gasteiger partial charge on any atom is 0.236 e. The Morgan fingerprint density at radius 2 is 1.88 bits per heavy atom. The lowest BCUT2D eigenvalue weighted by Gasteiger charge is -2.37. The number of nitrogens with one attached hydrogen (secondary N) is 2. The smallest absolute Gasteiger partial charge is 0.236 e. The van der Waals surface area contributed by atoms with Crippen LogP contribution >= 0.6 is 0 Å². The van der Waals surface area contributed by atoms with Gasteiger partial charge in [0.2, 0.25) is 5.91 Å². The number of rotatable bonds is 3. The highest BCUT2D eigenvalue weighted by molar-refractivity contribution is 5.80. The van der Waals surface area contributed by atoms with Crippen LogP contribution < -0.4 is 10.6 Å². The molecule has 4 heteroatoms. The molecule has 0 aromatic carbocycles. The predicted octanol–water partition coefficient (Wildman–Crippen LogP) is 0.336. The third kappa shape index (κ3) is 2.23. The fourth-order valence-electron chi connectivity index (χ4n) is 3.19. The quantitative estimate of drug-likeness (QED) is 0.728. The van der Waals surface area contributed by atoms with Gasteiger partial charge in [-0.05, 0) is 39.7 Å². The maximum atomic E-state index is 11.4. The molecule has 0 saturated carbocycles. The molecule has 2 bridgehead atoms. The highest BCUT2D eigenvalue weighted by Gasteiger charge is 2.38. The van der Waals surface area contributed by atoms with Gasteiger partial charge in [-0.25, -0.2) is 0 Å². The normalized spacial score (nSPS) is 36.1. The molecule has 2 saturated heterocycles. The Labute approximate surface area is 97.8 Å². The van der Waals surface area contributed by atoms with Gasteiger partial charge in [0.05, 0.1) is 6.04 Å². The first-order chi connectivity index (χ1) is 7.61. The Hall–Kier alpha value is -0.610. The third-order valence-electron chi connectivity index (χ3n) is 4.22. The number of piperidine rings is 1. The SMILES string of the molecule is CNC(=O)C(C)NC1CC2CCC(C1)N2C.